The van der Waals surface area contributed by atoms with Gasteiger partial charge in [0.05, 0.1) is 6.10 Å². The van der Waals surface area contributed by atoms with Crippen LogP contribution in [0.5, 0.6) is 0 Å². The Bertz CT molecular complexity index is 898. The molecule has 154 valence electrons. The summed E-state index contributed by atoms with van der Waals surface area (Å²) in [6, 6.07) is 7.79. The molecule has 6 atom stereocenters. The topological polar surface area (TPSA) is 37.3 Å². The molecular formula is C26H31ClO2. The van der Waals surface area contributed by atoms with Crippen molar-refractivity contribution in [3.63, 3.8) is 0 Å². The van der Waals surface area contributed by atoms with Gasteiger partial charge in [-0.2, -0.15) is 0 Å². The van der Waals surface area contributed by atoms with E-state index in [1.807, 2.05) is 24.3 Å². The number of rotatable bonds is 1. The van der Waals surface area contributed by atoms with E-state index < -0.39 is 0 Å². The molecule has 0 aliphatic heterocycles. The highest BCUT2D eigenvalue weighted by molar-refractivity contribution is 6.30. The van der Waals surface area contributed by atoms with Crippen molar-refractivity contribution in [2.75, 3.05) is 0 Å². The van der Waals surface area contributed by atoms with Crippen molar-refractivity contribution in [2.45, 2.75) is 64.9 Å². The van der Waals surface area contributed by atoms with Gasteiger partial charge < -0.3 is 5.11 Å². The molecule has 3 saturated carbocycles. The number of hydrogen-bond donors (Lipinski definition) is 1. The summed E-state index contributed by atoms with van der Waals surface area (Å²) in [4.78, 5) is 13.5. The van der Waals surface area contributed by atoms with E-state index in [0.717, 1.165) is 61.1 Å². The maximum absolute atomic E-state index is 13.5. The molecule has 0 spiro atoms. The minimum absolute atomic E-state index is 0.165. The van der Waals surface area contributed by atoms with E-state index in [0.29, 0.717) is 23.5 Å². The molecule has 3 fully saturated rings. The highest BCUT2D eigenvalue weighted by Crippen LogP contribution is 2.64. The van der Waals surface area contributed by atoms with Gasteiger partial charge >= 0.3 is 0 Å². The van der Waals surface area contributed by atoms with Crippen LogP contribution in [0.25, 0.3) is 6.08 Å². The maximum Gasteiger partial charge on any atom is 0.165 e. The Balaban J connectivity index is 1.47. The van der Waals surface area contributed by atoms with Gasteiger partial charge in [0.15, 0.2) is 5.78 Å². The van der Waals surface area contributed by atoms with Crippen LogP contribution in [-0.4, -0.2) is 17.0 Å². The molecule has 3 heteroatoms. The zero-order valence-corrected chi connectivity index (χ0v) is 18.2. The van der Waals surface area contributed by atoms with Crippen LogP contribution in [0.3, 0.4) is 0 Å². The second-order valence-electron chi connectivity index (χ2n) is 10.4. The van der Waals surface area contributed by atoms with Crippen molar-refractivity contribution in [3.8, 4) is 0 Å². The van der Waals surface area contributed by atoms with Crippen LogP contribution in [0.15, 0.2) is 41.5 Å². The van der Waals surface area contributed by atoms with Gasteiger partial charge in [0, 0.05) is 10.4 Å². The SMILES string of the molecule is C[C@]12CC[C@@H](O)CC1=CC[C@H]1[C@H]3CC(=Cc4ccc(Cl)cc4)C(=O)[C@@]3(C)CC[C@@H]12. The molecule has 0 radical (unpaired) electrons. The van der Waals surface area contributed by atoms with E-state index in [4.69, 9.17) is 11.6 Å². The van der Waals surface area contributed by atoms with Crippen molar-refractivity contribution in [2.24, 2.45) is 28.6 Å². The predicted octanol–water partition coefficient (Wildman–Crippen LogP) is 6.23. The van der Waals surface area contributed by atoms with Gasteiger partial charge in [-0.05, 0) is 97.5 Å². The minimum Gasteiger partial charge on any atom is -0.393 e. The van der Waals surface area contributed by atoms with Crippen LogP contribution >= 0.6 is 11.6 Å². The summed E-state index contributed by atoms with van der Waals surface area (Å²) >= 11 is 6.02. The van der Waals surface area contributed by atoms with Gasteiger partial charge in [-0.25, -0.2) is 0 Å². The number of Topliss-reactive ketones (excluding diaryl/α,β-unsaturated/α-hetero) is 1. The number of fused-ring (bicyclic) bond motifs is 5. The molecule has 2 nitrogen and oxygen atoms in total. The first-order valence-corrected chi connectivity index (χ1v) is 11.6. The lowest BCUT2D eigenvalue weighted by Crippen LogP contribution is -2.50. The van der Waals surface area contributed by atoms with Crippen LogP contribution in [0, 0.1) is 28.6 Å². The molecule has 29 heavy (non-hydrogen) atoms. The Kier molecular flexibility index (Phi) is 4.60. The first-order valence-electron chi connectivity index (χ1n) is 11.2. The summed E-state index contributed by atoms with van der Waals surface area (Å²) in [5.74, 6) is 2.04. The molecular weight excluding hydrogens is 380 g/mol. The van der Waals surface area contributed by atoms with Gasteiger partial charge in [-0.15, -0.1) is 0 Å². The molecule has 1 N–H and O–H groups in total. The zero-order chi connectivity index (χ0) is 20.4. The predicted molar refractivity (Wildman–Crippen MR) is 118 cm³/mol. The third-order valence-corrected chi connectivity index (χ3v) is 9.18. The summed E-state index contributed by atoms with van der Waals surface area (Å²) < 4.78 is 0. The normalized spacial score (nSPS) is 42.8. The van der Waals surface area contributed by atoms with Gasteiger partial charge in [-0.3, -0.25) is 4.79 Å². The molecule has 0 unspecified atom stereocenters. The summed E-state index contributed by atoms with van der Waals surface area (Å²) in [7, 11) is 0. The maximum atomic E-state index is 13.5. The number of carbonyl (C=O) groups excluding carboxylic acids is 1. The smallest absolute Gasteiger partial charge is 0.165 e. The fourth-order valence-corrected chi connectivity index (χ4v) is 7.33. The fraction of sp³-hybridized carbons (Fsp3) is 0.577. The average Bonchev–Trinajstić information content (AvgIpc) is 2.95. The van der Waals surface area contributed by atoms with E-state index in [9.17, 15) is 9.90 Å². The van der Waals surface area contributed by atoms with Crippen LogP contribution in [0.2, 0.25) is 5.02 Å². The Morgan fingerprint density at radius 2 is 1.76 bits per heavy atom. The summed E-state index contributed by atoms with van der Waals surface area (Å²) in [5, 5.41) is 10.9. The number of allylic oxidation sites excluding steroid dienone is 2. The molecule has 1 aromatic carbocycles. The highest BCUT2D eigenvalue weighted by atomic mass is 35.5. The summed E-state index contributed by atoms with van der Waals surface area (Å²) in [6.07, 6.45) is 11.3. The van der Waals surface area contributed by atoms with Crippen LogP contribution in [0.1, 0.15) is 64.4 Å². The number of carbonyl (C=O) groups is 1. The second kappa shape index (κ2) is 6.82. The van der Waals surface area contributed by atoms with E-state index in [2.05, 4.69) is 26.0 Å². The summed E-state index contributed by atoms with van der Waals surface area (Å²) in [5.41, 5.74) is 3.56. The third kappa shape index (κ3) is 2.98. The summed E-state index contributed by atoms with van der Waals surface area (Å²) in [6.45, 7) is 4.66. The van der Waals surface area contributed by atoms with Crippen molar-refractivity contribution >= 4 is 23.5 Å². The van der Waals surface area contributed by atoms with Gasteiger partial charge in [0.1, 0.15) is 0 Å². The van der Waals surface area contributed by atoms with Gasteiger partial charge in [0.2, 0.25) is 0 Å². The lowest BCUT2D eigenvalue weighted by Gasteiger charge is -2.56. The molecule has 5 rings (SSSR count). The number of hydrogen-bond acceptors (Lipinski definition) is 2. The number of aliphatic hydroxyl groups is 1. The monoisotopic (exact) mass is 410 g/mol. The van der Waals surface area contributed by atoms with Crippen molar-refractivity contribution in [1.82, 2.24) is 0 Å². The number of benzene rings is 1. The Labute approximate surface area is 179 Å². The number of aliphatic hydroxyl groups excluding tert-OH is 1. The quantitative estimate of drug-likeness (QED) is 0.440. The van der Waals surface area contributed by atoms with Crippen LogP contribution in [0.4, 0.5) is 0 Å². The Morgan fingerprint density at radius 3 is 2.52 bits per heavy atom. The fourth-order valence-electron chi connectivity index (χ4n) is 7.20. The van der Waals surface area contributed by atoms with E-state index in [-0.39, 0.29) is 16.9 Å². The first-order chi connectivity index (χ1) is 13.8. The highest BCUT2D eigenvalue weighted by Gasteiger charge is 2.59. The molecule has 4 aliphatic rings. The van der Waals surface area contributed by atoms with E-state index in [1.165, 1.54) is 5.57 Å². The molecule has 0 aromatic heterocycles. The van der Waals surface area contributed by atoms with E-state index in [1.54, 1.807) is 0 Å². The average molecular weight is 411 g/mol. The van der Waals surface area contributed by atoms with Crippen LogP contribution in [-0.2, 0) is 4.79 Å². The molecule has 1 aromatic rings. The first kappa shape index (κ1) is 19.6. The number of ketones is 1. The largest absolute Gasteiger partial charge is 0.393 e. The van der Waals surface area contributed by atoms with E-state index >= 15 is 0 Å². The van der Waals surface area contributed by atoms with Gasteiger partial charge in [0.25, 0.3) is 0 Å². The lowest BCUT2D eigenvalue weighted by atomic mass is 9.48. The van der Waals surface area contributed by atoms with Crippen LogP contribution < -0.4 is 0 Å². The van der Waals surface area contributed by atoms with Crippen molar-refractivity contribution < 1.29 is 9.90 Å². The standard InChI is InChI=1S/C26H31ClO2/c1-25-11-9-20(28)15-18(25)5-8-21-22(25)10-12-26(2)23(21)14-17(24(26)29)13-16-3-6-19(27)7-4-16/h3-7,13,20-23,28H,8-12,14-15H2,1-2H3/t20-,21-,22+,23-,25+,26+/m1/s1. The molecule has 0 amide bonds. The van der Waals surface area contributed by atoms with Gasteiger partial charge in [-0.1, -0.05) is 49.2 Å². The van der Waals surface area contributed by atoms with Crippen molar-refractivity contribution in [1.29, 1.82) is 0 Å². The molecule has 0 heterocycles. The molecule has 0 bridgehead atoms. The second-order valence-corrected chi connectivity index (χ2v) is 10.8. The third-order valence-electron chi connectivity index (χ3n) is 8.93. The zero-order valence-electron chi connectivity index (χ0n) is 17.5. The minimum atomic E-state index is -0.213. The Morgan fingerprint density at radius 1 is 1.03 bits per heavy atom. The number of halogens is 1. The Hall–Kier alpha value is -1.38. The molecule has 4 aliphatic carbocycles. The lowest BCUT2D eigenvalue weighted by molar-refractivity contribution is -0.130. The van der Waals surface area contributed by atoms with Crippen molar-refractivity contribution in [3.05, 3.63) is 52.1 Å². The molecule has 0 saturated heterocycles.